The Kier molecular flexibility index (Phi) is 4.75. The van der Waals surface area contributed by atoms with Gasteiger partial charge < -0.3 is 9.84 Å². The van der Waals surface area contributed by atoms with E-state index >= 15 is 0 Å². The first-order chi connectivity index (χ1) is 19.7. The van der Waals surface area contributed by atoms with Gasteiger partial charge in [-0.3, -0.25) is 4.98 Å². The average molecular weight is 524 g/mol. The molecule has 5 heterocycles. The monoisotopic (exact) mass is 523 g/mol. The molecule has 192 valence electrons. The van der Waals surface area contributed by atoms with Gasteiger partial charge in [0.1, 0.15) is 12.1 Å². The number of aromatic hydroxyl groups is 1. The number of pyridine rings is 1. The third-order valence-corrected chi connectivity index (χ3v) is 7.34. The Morgan fingerprint density at radius 1 is 0.875 bits per heavy atom. The molecule has 1 N–H and O–H groups in total. The Morgan fingerprint density at radius 2 is 1.68 bits per heavy atom. The van der Waals surface area contributed by atoms with Crippen LogP contribution in [0.25, 0.3) is 33.5 Å². The molecule has 7 aromatic rings. The van der Waals surface area contributed by atoms with Crippen LogP contribution in [0.1, 0.15) is 28.3 Å². The molecule has 0 fully saturated rings. The Morgan fingerprint density at radius 3 is 2.48 bits per heavy atom. The Balaban J connectivity index is 1.37. The van der Waals surface area contributed by atoms with Crippen LogP contribution in [-0.4, -0.2) is 39.5 Å². The maximum atomic E-state index is 10.9. The largest absolute Gasteiger partial charge is 0.507 e. The number of aromatic nitrogens is 7. The van der Waals surface area contributed by atoms with Gasteiger partial charge in [-0.2, -0.15) is 5.10 Å². The first-order valence-electron chi connectivity index (χ1n) is 12.9. The van der Waals surface area contributed by atoms with Crippen molar-refractivity contribution in [2.45, 2.75) is 12.8 Å². The van der Waals surface area contributed by atoms with Crippen molar-refractivity contribution >= 4 is 16.4 Å². The lowest BCUT2D eigenvalue weighted by Crippen LogP contribution is -2.16. The van der Waals surface area contributed by atoms with Crippen LogP contribution in [0.5, 0.6) is 17.5 Å². The number of benzene rings is 3. The van der Waals surface area contributed by atoms with Crippen molar-refractivity contribution in [3.8, 4) is 34.6 Å². The molecular weight excluding hydrogens is 502 g/mol. The Bertz CT molecular complexity index is 2070. The highest BCUT2D eigenvalue weighted by Crippen LogP contribution is 2.49. The molecule has 0 aliphatic carbocycles. The van der Waals surface area contributed by atoms with Gasteiger partial charge in [0.05, 0.1) is 34.0 Å². The second kappa shape index (κ2) is 8.47. The molecule has 1 aliphatic rings. The number of fused-ring (bicyclic) bond motifs is 5. The van der Waals surface area contributed by atoms with E-state index in [-0.39, 0.29) is 11.7 Å². The summed E-state index contributed by atoms with van der Waals surface area (Å²) in [5.74, 6) is 1.23. The van der Waals surface area contributed by atoms with Crippen LogP contribution in [0.15, 0.2) is 97.6 Å². The summed E-state index contributed by atoms with van der Waals surface area (Å²) in [4.78, 5) is 14.0. The second-order valence-electron chi connectivity index (χ2n) is 9.76. The van der Waals surface area contributed by atoms with Gasteiger partial charge in [0, 0.05) is 12.4 Å². The molecule has 40 heavy (non-hydrogen) atoms. The van der Waals surface area contributed by atoms with Crippen LogP contribution in [0.2, 0.25) is 0 Å². The molecule has 0 radical (unpaired) electrons. The summed E-state index contributed by atoms with van der Waals surface area (Å²) < 4.78 is 9.93. The molecular formula is C31H21N7O2. The summed E-state index contributed by atoms with van der Waals surface area (Å²) in [6.45, 7) is 1.98. The molecule has 1 aliphatic heterocycles. The van der Waals surface area contributed by atoms with Gasteiger partial charge in [-0.1, -0.05) is 48.5 Å². The molecule has 0 saturated carbocycles. The Labute approximate surface area is 228 Å². The zero-order valence-corrected chi connectivity index (χ0v) is 21.3. The van der Waals surface area contributed by atoms with Gasteiger partial charge in [-0.25, -0.2) is 19.2 Å². The number of phenols is 1. The summed E-state index contributed by atoms with van der Waals surface area (Å²) in [6, 6.07) is 25.3. The molecule has 9 heteroatoms. The topological polar surface area (TPSA) is 103 Å². The summed E-state index contributed by atoms with van der Waals surface area (Å²) in [7, 11) is 0. The molecule has 8 rings (SSSR count). The number of hydrogen-bond donors (Lipinski definition) is 1. The van der Waals surface area contributed by atoms with E-state index in [0.29, 0.717) is 28.8 Å². The van der Waals surface area contributed by atoms with E-state index in [1.807, 2.05) is 90.6 Å². The fourth-order valence-corrected chi connectivity index (χ4v) is 5.52. The average Bonchev–Trinajstić information content (AvgIpc) is 3.57. The first-order valence-corrected chi connectivity index (χ1v) is 12.9. The third-order valence-electron chi connectivity index (χ3n) is 7.34. The van der Waals surface area contributed by atoms with Gasteiger partial charge in [0.15, 0.2) is 11.5 Å². The number of para-hydroxylation sites is 1. The van der Waals surface area contributed by atoms with Crippen molar-refractivity contribution in [2.24, 2.45) is 0 Å². The number of hydrogen-bond acceptors (Lipinski definition) is 7. The van der Waals surface area contributed by atoms with E-state index < -0.39 is 0 Å². The third kappa shape index (κ3) is 3.31. The van der Waals surface area contributed by atoms with Crippen LogP contribution in [0.4, 0.5) is 0 Å². The minimum Gasteiger partial charge on any atom is -0.507 e. The Hall–Kier alpha value is -5.57. The molecule has 1 atom stereocenters. The van der Waals surface area contributed by atoms with Crippen molar-refractivity contribution in [1.29, 1.82) is 0 Å². The summed E-state index contributed by atoms with van der Waals surface area (Å²) in [5.41, 5.74) is 5.47. The van der Waals surface area contributed by atoms with Crippen LogP contribution in [-0.2, 0) is 0 Å². The fourth-order valence-electron chi connectivity index (χ4n) is 5.52. The highest BCUT2D eigenvalue weighted by atomic mass is 16.5. The number of nitrogens with zero attached hydrogens (tertiary/aromatic N) is 7. The van der Waals surface area contributed by atoms with Gasteiger partial charge >= 0.3 is 0 Å². The normalized spacial score (nSPS) is 14.2. The lowest BCUT2D eigenvalue weighted by Gasteiger charge is -2.26. The number of phenolic OH excluding ortho intramolecular Hbond substituents is 1. The minimum absolute atomic E-state index is 0.110. The van der Waals surface area contributed by atoms with Crippen molar-refractivity contribution in [2.75, 3.05) is 0 Å². The molecule has 4 aromatic heterocycles. The molecule has 0 bridgehead atoms. The minimum atomic E-state index is -0.302. The summed E-state index contributed by atoms with van der Waals surface area (Å²) in [5, 5.41) is 22.4. The molecule has 3 aromatic carbocycles. The van der Waals surface area contributed by atoms with Gasteiger partial charge in [0.25, 0.3) is 0 Å². The van der Waals surface area contributed by atoms with E-state index in [1.54, 1.807) is 23.1 Å². The summed E-state index contributed by atoms with van der Waals surface area (Å²) >= 11 is 0. The zero-order chi connectivity index (χ0) is 26.8. The summed E-state index contributed by atoms with van der Waals surface area (Å²) in [6.07, 6.45) is 5.18. The van der Waals surface area contributed by atoms with Gasteiger partial charge in [0.2, 0.25) is 11.8 Å². The maximum Gasteiger partial charge on any atom is 0.230 e. The lowest BCUT2D eigenvalue weighted by molar-refractivity contribution is 0.402. The lowest BCUT2D eigenvalue weighted by atomic mass is 9.85. The van der Waals surface area contributed by atoms with E-state index in [2.05, 4.69) is 9.97 Å². The number of rotatable bonds is 3. The number of aryl methyl sites for hydroxylation is 1. The first kappa shape index (κ1) is 22.4. The standard InChI is InChI=1S/C31H21N7O2/c1-18-25-26(21-10-7-13-32-16-21)27-29-34-28(23-14-19-8-5-6-9-20(19)15-24(23)39)36-37(29)17-33-30(27)40-31(25)38(35-18)22-11-3-2-4-12-22/h2-17,26,39H,1H3. The van der Waals surface area contributed by atoms with Gasteiger partial charge in [-0.15, -0.1) is 5.10 Å². The van der Waals surface area contributed by atoms with Gasteiger partial charge in [-0.05, 0) is 53.6 Å². The quantitative estimate of drug-likeness (QED) is 0.311. The smallest absolute Gasteiger partial charge is 0.230 e. The highest BCUT2D eigenvalue weighted by Gasteiger charge is 2.38. The molecule has 0 amide bonds. The molecule has 9 nitrogen and oxygen atoms in total. The van der Waals surface area contributed by atoms with E-state index in [9.17, 15) is 5.11 Å². The fraction of sp³-hybridized carbons (Fsp3) is 0.0645. The van der Waals surface area contributed by atoms with Crippen molar-refractivity contribution in [3.63, 3.8) is 0 Å². The second-order valence-corrected chi connectivity index (χ2v) is 9.76. The van der Waals surface area contributed by atoms with Crippen molar-refractivity contribution < 1.29 is 9.84 Å². The van der Waals surface area contributed by atoms with Crippen LogP contribution < -0.4 is 4.74 Å². The predicted molar refractivity (Wildman–Crippen MR) is 149 cm³/mol. The van der Waals surface area contributed by atoms with E-state index in [4.69, 9.17) is 19.9 Å². The number of ether oxygens (including phenoxy) is 1. The van der Waals surface area contributed by atoms with Crippen LogP contribution in [0, 0.1) is 6.92 Å². The van der Waals surface area contributed by atoms with Crippen molar-refractivity contribution in [1.82, 2.24) is 34.3 Å². The molecule has 0 saturated heterocycles. The molecule has 0 spiro atoms. The van der Waals surface area contributed by atoms with Crippen LogP contribution in [0.3, 0.4) is 0 Å². The van der Waals surface area contributed by atoms with Crippen LogP contribution >= 0.6 is 0 Å². The van der Waals surface area contributed by atoms with E-state index in [0.717, 1.165) is 38.8 Å². The predicted octanol–water partition coefficient (Wildman–Crippen LogP) is 5.83. The van der Waals surface area contributed by atoms with Crippen molar-refractivity contribution in [3.05, 3.63) is 120 Å². The van der Waals surface area contributed by atoms with E-state index in [1.165, 1.54) is 0 Å². The SMILES string of the molecule is Cc1nn(-c2ccccc2)c2c1C(c1cccnc1)c1c(ncn3nc(-c4cc5ccccc5cc4O)nc13)O2. The maximum absolute atomic E-state index is 10.9. The molecule has 1 unspecified atom stereocenters. The highest BCUT2D eigenvalue weighted by molar-refractivity contribution is 5.89. The zero-order valence-electron chi connectivity index (χ0n) is 21.3.